The van der Waals surface area contributed by atoms with Gasteiger partial charge in [0, 0.05) is 4.47 Å². The Morgan fingerprint density at radius 2 is 1.88 bits per heavy atom. The summed E-state index contributed by atoms with van der Waals surface area (Å²) < 4.78 is 73.8. The van der Waals surface area contributed by atoms with Gasteiger partial charge in [0.25, 0.3) is 0 Å². The van der Waals surface area contributed by atoms with Crippen molar-refractivity contribution in [3.8, 4) is 6.07 Å². The molecule has 3 aliphatic carbocycles. The molecule has 1 aromatic rings. The molecule has 1 N–H and O–H groups in total. The zero-order valence-corrected chi connectivity index (χ0v) is 20.1. The molecular formula is C22H24BrF3N2O4S. The summed E-state index contributed by atoms with van der Waals surface area (Å²) in [6.07, 6.45) is -1.32. The van der Waals surface area contributed by atoms with E-state index in [1.54, 1.807) is 0 Å². The van der Waals surface area contributed by atoms with Crippen molar-refractivity contribution >= 4 is 31.7 Å². The lowest BCUT2D eigenvalue weighted by atomic mass is 10.0. The predicted octanol–water partition coefficient (Wildman–Crippen LogP) is 4.52. The Balaban J connectivity index is 1.62. The second-order valence-electron chi connectivity index (χ2n) is 9.15. The van der Waals surface area contributed by atoms with E-state index in [4.69, 9.17) is 4.74 Å². The van der Waals surface area contributed by atoms with Crippen molar-refractivity contribution in [1.29, 1.82) is 5.26 Å². The molecule has 0 spiro atoms. The van der Waals surface area contributed by atoms with E-state index in [9.17, 15) is 31.6 Å². The fourth-order valence-corrected chi connectivity index (χ4v) is 7.14. The average Bonchev–Trinajstić information content (AvgIpc) is 3.12. The molecule has 0 unspecified atom stereocenters. The zero-order valence-electron chi connectivity index (χ0n) is 17.7. The lowest BCUT2D eigenvalue weighted by Gasteiger charge is -2.24. The van der Waals surface area contributed by atoms with Crippen LogP contribution in [0.1, 0.15) is 56.9 Å². The maximum Gasteiger partial charge on any atom is 0.417 e. The molecule has 4 rings (SSSR count). The number of carbonyl (C=O) groups excluding carboxylic acids is 1. The summed E-state index contributed by atoms with van der Waals surface area (Å²) in [6, 6.07) is 5.04. The van der Waals surface area contributed by atoms with E-state index in [-0.39, 0.29) is 23.4 Å². The van der Waals surface area contributed by atoms with Gasteiger partial charge in [-0.15, -0.1) is 0 Å². The topological polar surface area (TPSA) is 96.3 Å². The van der Waals surface area contributed by atoms with Crippen molar-refractivity contribution in [3.63, 3.8) is 0 Å². The van der Waals surface area contributed by atoms with Crippen LogP contribution in [0.3, 0.4) is 0 Å². The van der Waals surface area contributed by atoms with Gasteiger partial charge in [-0.2, -0.15) is 18.4 Å². The van der Waals surface area contributed by atoms with Crippen LogP contribution in [0, 0.1) is 17.2 Å². The summed E-state index contributed by atoms with van der Waals surface area (Å²) >= 11 is 2.97. The SMILES string of the molecule is N#CC1(NC(=O)[C@@H]2C[C@@H](S(=O)(=O)c3ccc(Br)cc3C(F)(F)F)C[C@H]2OC2CCCC2)CC1. The summed E-state index contributed by atoms with van der Waals surface area (Å²) in [6.45, 7) is 0. The summed E-state index contributed by atoms with van der Waals surface area (Å²) in [7, 11) is -4.40. The molecule has 3 aliphatic rings. The Morgan fingerprint density at radius 3 is 2.45 bits per heavy atom. The van der Waals surface area contributed by atoms with Crippen LogP contribution >= 0.6 is 15.9 Å². The third-order valence-electron chi connectivity index (χ3n) is 6.79. The number of sulfone groups is 1. The van der Waals surface area contributed by atoms with Crippen LogP contribution in [0.25, 0.3) is 0 Å². The van der Waals surface area contributed by atoms with Crippen LogP contribution in [-0.4, -0.2) is 37.3 Å². The van der Waals surface area contributed by atoms with Gasteiger partial charge in [-0.3, -0.25) is 4.79 Å². The number of hydrogen-bond donors (Lipinski definition) is 1. The molecule has 1 aromatic carbocycles. The number of benzene rings is 1. The third kappa shape index (κ3) is 5.08. The molecule has 33 heavy (non-hydrogen) atoms. The molecule has 180 valence electrons. The van der Waals surface area contributed by atoms with Crippen molar-refractivity contribution in [3.05, 3.63) is 28.2 Å². The maximum absolute atomic E-state index is 13.6. The number of ether oxygens (including phenoxy) is 1. The highest BCUT2D eigenvalue weighted by Gasteiger charge is 2.51. The van der Waals surface area contributed by atoms with E-state index in [0.29, 0.717) is 12.8 Å². The van der Waals surface area contributed by atoms with Crippen LogP contribution in [-0.2, 0) is 25.5 Å². The van der Waals surface area contributed by atoms with Gasteiger partial charge < -0.3 is 10.1 Å². The second-order valence-corrected chi connectivity index (χ2v) is 12.3. The van der Waals surface area contributed by atoms with Crippen LogP contribution in [0.5, 0.6) is 0 Å². The highest BCUT2D eigenvalue weighted by atomic mass is 79.9. The highest BCUT2D eigenvalue weighted by Crippen LogP contribution is 2.43. The number of nitrogens with one attached hydrogen (secondary N) is 1. The van der Waals surface area contributed by atoms with E-state index in [2.05, 4.69) is 27.3 Å². The maximum atomic E-state index is 13.6. The normalized spacial score (nSPS) is 27.3. The van der Waals surface area contributed by atoms with Gasteiger partial charge in [-0.05, 0) is 56.7 Å². The molecule has 11 heteroatoms. The van der Waals surface area contributed by atoms with Crippen molar-refractivity contribution < 1.29 is 31.1 Å². The molecule has 1 amide bonds. The summed E-state index contributed by atoms with van der Waals surface area (Å²) in [5.41, 5.74) is -2.17. The lowest BCUT2D eigenvalue weighted by Crippen LogP contribution is -2.43. The number of alkyl halides is 3. The smallest absolute Gasteiger partial charge is 0.374 e. The largest absolute Gasteiger partial charge is 0.417 e. The van der Waals surface area contributed by atoms with Crippen molar-refractivity contribution in [1.82, 2.24) is 5.32 Å². The molecule has 0 heterocycles. The molecule has 6 nitrogen and oxygen atoms in total. The first-order valence-electron chi connectivity index (χ1n) is 10.9. The van der Waals surface area contributed by atoms with Gasteiger partial charge in [-0.1, -0.05) is 28.8 Å². The van der Waals surface area contributed by atoms with Gasteiger partial charge in [0.05, 0.1) is 39.9 Å². The standard InChI is InChI=1S/C22H24BrF3N2O4S/c23-13-5-6-19(17(9-13)22(24,25)26)33(30,31)15-10-16(20(29)28-21(12-27)7-8-21)18(11-15)32-14-3-1-2-4-14/h5-6,9,14-16,18H,1-4,7-8,10-11H2,(H,28,29)/t15-,16-,18-/m1/s1. The Kier molecular flexibility index (Phi) is 6.57. The fraction of sp³-hybridized carbons (Fsp3) is 0.636. The van der Waals surface area contributed by atoms with Gasteiger partial charge in [-0.25, -0.2) is 8.42 Å². The Hall–Kier alpha value is -1.64. The lowest BCUT2D eigenvalue weighted by molar-refractivity contribution is -0.140. The van der Waals surface area contributed by atoms with Crippen molar-refractivity contribution in [2.24, 2.45) is 5.92 Å². The number of hydrogen-bond acceptors (Lipinski definition) is 5. The number of nitrogens with zero attached hydrogens (tertiary/aromatic N) is 1. The molecule has 0 bridgehead atoms. The number of rotatable bonds is 6. The van der Waals surface area contributed by atoms with Gasteiger partial charge in [0.15, 0.2) is 9.84 Å². The van der Waals surface area contributed by atoms with E-state index in [1.807, 2.05) is 0 Å². The molecule has 0 aromatic heterocycles. The van der Waals surface area contributed by atoms with Gasteiger partial charge in [0.1, 0.15) is 5.54 Å². The summed E-state index contributed by atoms with van der Waals surface area (Å²) in [4.78, 5) is 12.2. The van der Waals surface area contributed by atoms with Crippen LogP contribution in [0.2, 0.25) is 0 Å². The van der Waals surface area contributed by atoms with Crippen LogP contribution in [0.4, 0.5) is 13.2 Å². The Bertz CT molecular complexity index is 1080. The molecule has 0 saturated heterocycles. The molecular weight excluding hydrogens is 525 g/mol. The minimum Gasteiger partial charge on any atom is -0.374 e. The van der Waals surface area contributed by atoms with Crippen LogP contribution in [0.15, 0.2) is 27.6 Å². The van der Waals surface area contributed by atoms with E-state index < -0.39 is 55.2 Å². The molecule has 0 radical (unpaired) electrons. The monoisotopic (exact) mass is 548 g/mol. The number of nitriles is 1. The van der Waals surface area contributed by atoms with Crippen molar-refractivity contribution in [2.75, 3.05) is 0 Å². The first-order valence-corrected chi connectivity index (χ1v) is 13.3. The summed E-state index contributed by atoms with van der Waals surface area (Å²) in [5.74, 6) is -1.32. The zero-order chi connectivity index (χ0) is 24.0. The Morgan fingerprint density at radius 1 is 1.21 bits per heavy atom. The Labute approximate surface area is 198 Å². The summed E-state index contributed by atoms with van der Waals surface area (Å²) in [5, 5.41) is 10.8. The van der Waals surface area contributed by atoms with Gasteiger partial charge >= 0.3 is 6.18 Å². The number of amides is 1. The number of carbonyl (C=O) groups is 1. The minimum atomic E-state index is -4.85. The first-order chi connectivity index (χ1) is 15.4. The third-order valence-corrected chi connectivity index (χ3v) is 9.51. The van der Waals surface area contributed by atoms with Crippen molar-refractivity contribution in [2.45, 2.75) is 85.4 Å². The first kappa shape index (κ1) is 24.5. The van der Waals surface area contributed by atoms with E-state index >= 15 is 0 Å². The van der Waals surface area contributed by atoms with Crippen LogP contribution < -0.4 is 5.32 Å². The van der Waals surface area contributed by atoms with E-state index in [0.717, 1.165) is 37.8 Å². The minimum absolute atomic E-state index is 0.0656. The van der Waals surface area contributed by atoms with Gasteiger partial charge in [0.2, 0.25) is 5.91 Å². The molecule has 3 atom stereocenters. The molecule has 3 fully saturated rings. The molecule has 3 saturated carbocycles. The quantitative estimate of drug-likeness (QED) is 0.563. The fourth-order valence-electron chi connectivity index (χ4n) is 4.78. The molecule has 0 aliphatic heterocycles. The average molecular weight is 549 g/mol. The predicted molar refractivity (Wildman–Crippen MR) is 116 cm³/mol. The second kappa shape index (κ2) is 8.86. The highest BCUT2D eigenvalue weighted by molar-refractivity contribution is 9.10. The number of halogens is 4. The van der Waals surface area contributed by atoms with E-state index in [1.165, 1.54) is 6.07 Å².